The topological polar surface area (TPSA) is 38.5 Å². The molecule has 0 aromatic heterocycles. The van der Waals surface area contributed by atoms with Gasteiger partial charge in [-0.3, -0.25) is 4.90 Å². The van der Waals surface area contributed by atoms with E-state index < -0.39 is 0 Å². The summed E-state index contributed by atoms with van der Waals surface area (Å²) in [5.74, 6) is 0. The Kier molecular flexibility index (Phi) is 4.61. The molecule has 18 heavy (non-hydrogen) atoms. The van der Waals surface area contributed by atoms with Crippen molar-refractivity contribution in [3.63, 3.8) is 0 Å². The van der Waals surface area contributed by atoms with Crippen LogP contribution in [0.1, 0.15) is 32.3 Å². The molecule has 2 rings (SSSR count). The molecule has 0 aliphatic heterocycles. The number of hydrogen-bond acceptors (Lipinski definition) is 3. The first-order valence-electron chi connectivity index (χ1n) is 6.85. The molecular formula is C15H24N2O. The molecule has 1 aliphatic rings. The van der Waals surface area contributed by atoms with Gasteiger partial charge in [-0.15, -0.1) is 0 Å². The van der Waals surface area contributed by atoms with E-state index in [1.807, 2.05) is 12.1 Å². The second kappa shape index (κ2) is 6.21. The minimum Gasteiger partial charge on any atom is -0.399 e. The molecular weight excluding hydrogens is 224 g/mol. The van der Waals surface area contributed by atoms with Crippen LogP contribution in [-0.2, 0) is 11.3 Å². The van der Waals surface area contributed by atoms with Crippen LogP contribution >= 0.6 is 0 Å². The molecule has 2 N–H and O–H groups in total. The summed E-state index contributed by atoms with van der Waals surface area (Å²) in [5, 5.41) is 0. The fourth-order valence-electron chi connectivity index (χ4n) is 2.09. The maximum atomic E-state index is 5.71. The molecule has 1 fully saturated rings. The third kappa shape index (κ3) is 4.31. The van der Waals surface area contributed by atoms with Crippen molar-refractivity contribution in [2.75, 3.05) is 18.9 Å². The molecule has 0 saturated heterocycles. The van der Waals surface area contributed by atoms with E-state index >= 15 is 0 Å². The largest absolute Gasteiger partial charge is 0.399 e. The number of nitrogens with two attached hydrogens (primary N) is 1. The molecule has 0 spiro atoms. The summed E-state index contributed by atoms with van der Waals surface area (Å²) < 4.78 is 5.65. The average Bonchev–Trinajstić information content (AvgIpc) is 3.14. The molecule has 0 radical (unpaired) electrons. The molecule has 100 valence electrons. The smallest absolute Gasteiger partial charge is 0.0597 e. The first kappa shape index (κ1) is 13.4. The van der Waals surface area contributed by atoms with E-state index in [1.54, 1.807) is 0 Å². The lowest BCUT2D eigenvalue weighted by Gasteiger charge is -2.22. The van der Waals surface area contributed by atoms with E-state index in [4.69, 9.17) is 10.5 Å². The van der Waals surface area contributed by atoms with Crippen LogP contribution < -0.4 is 5.73 Å². The van der Waals surface area contributed by atoms with Crippen molar-refractivity contribution < 1.29 is 4.74 Å². The zero-order valence-corrected chi connectivity index (χ0v) is 11.4. The molecule has 1 aliphatic carbocycles. The van der Waals surface area contributed by atoms with E-state index in [9.17, 15) is 0 Å². The summed E-state index contributed by atoms with van der Waals surface area (Å²) in [7, 11) is 0. The minimum absolute atomic E-state index is 0.322. The van der Waals surface area contributed by atoms with Gasteiger partial charge < -0.3 is 10.5 Å². The highest BCUT2D eigenvalue weighted by Gasteiger charge is 2.28. The monoisotopic (exact) mass is 248 g/mol. The highest BCUT2D eigenvalue weighted by Crippen LogP contribution is 2.28. The van der Waals surface area contributed by atoms with E-state index in [2.05, 4.69) is 30.9 Å². The first-order chi connectivity index (χ1) is 8.65. The Bertz CT molecular complexity index is 357. The van der Waals surface area contributed by atoms with Gasteiger partial charge in [-0.05, 0) is 44.4 Å². The molecule has 3 nitrogen and oxygen atoms in total. The highest BCUT2D eigenvalue weighted by molar-refractivity contribution is 5.39. The average molecular weight is 248 g/mol. The fraction of sp³-hybridized carbons (Fsp3) is 0.600. The number of nitrogens with zero attached hydrogens (tertiary/aromatic N) is 1. The fourth-order valence-corrected chi connectivity index (χ4v) is 2.09. The van der Waals surface area contributed by atoms with Crippen molar-refractivity contribution >= 4 is 5.69 Å². The van der Waals surface area contributed by atoms with Gasteiger partial charge >= 0.3 is 0 Å². The summed E-state index contributed by atoms with van der Waals surface area (Å²) in [6, 6.07) is 8.95. The molecule has 0 unspecified atom stereocenters. The molecule has 1 aromatic rings. The van der Waals surface area contributed by atoms with Gasteiger partial charge in [-0.1, -0.05) is 12.1 Å². The molecule has 0 atom stereocenters. The van der Waals surface area contributed by atoms with E-state index in [-0.39, 0.29) is 0 Å². The van der Waals surface area contributed by atoms with Crippen LogP contribution in [0.2, 0.25) is 0 Å². The standard InChI is InChI=1S/C15H24N2O/c1-12(2)18-10-9-17(15-7-8-15)11-13-3-5-14(16)6-4-13/h3-6,12,15H,7-11,16H2,1-2H3. The minimum atomic E-state index is 0.322. The molecule has 0 heterocycles. The number of anilines is 1. The van der Waals surface area contributed by atoms with Crippen LogP contribution in [0, 0.1) is 0 Å². The quantitative estimate of drug-likeness (QED) is 0.754. The van der Waals surface area contributed by atoms with Crippen molar-refractivity contribution in [3.05, 3.63) is 29.8 Å². The Morgan fingerprint density at radius 2 is 1.94 bits per heavy atom. The van der Waals surface area contributed by atoms with Crippen LogP contribution in [0.5, 0.6) is 0 Å². The zero-order chi connectivity index (χ0) is 13.0. The lowest BCUT2D eigenvalue weighted by atomic mass is 10.2. The van der Waals surface area contributed by atoms with Gasteiger partial charge in [0.15, 0.2) is 0 Å². The van der Waals surface area contributed by atoms with Crippen molar-refractivity contribution in [3.8, 4) is 0 Å². The highest BCUT2D eigenvalue weighted by atomic mass is 16.5. The van der Waals surface area contributed by atoms with Gasteiger partial charge in [-0.25, -0.2) is 0 Å². The maximum absolute atomic E-state index is 5.71. The van der Waals surface area contributed by atoms with E-state index in [0.29, 0.717) is 6.10 Å². The summed E-state index contributed by atoms with van der Waals surface area (Å²) in [6.07, 6.45) is 2.98. The normalized spacial score (nSPS) is 15.6. The maximum Gasteiger partial charge on any atom is 0.0597 e. The Hall–Kier alpha value is -1.06. The predicted octanol–water partition coefficient (Wildman–Crippen LogP) is 2.66. The van der Waals surface area contributed by atoms with Crippen LogP contribution in [0.3, 0.4) is 0 Å². The summed E-state index contributed by atoms with van der Waals surface area (Å²) >= 11 is 0. The van der Waals surface area contributed by atoms with Crippen LogP contribution in [0.4, 0.5) is 5.69 Å². The number of nitrogen functional groups attached to an aromatic ring is 1. The SMILES string of the molecule is CC(C)OCCN(Cc1ccc(N)cc1)C1CC1. The lowest BCUT2D eigenvalue weighted by molar-refractivity contribution is 0.0555. The van der Waals surface area contributed by atoms with Gasteiger partial charge in [0.25, 0.3) is 0 Å². The van der Waals surface area contributed by atoms with Crippen molar-refractivity contribution in [2.24, 2.45) is 0 Å². The number of benzene rings is 1. The summed E-state index contributed by atoms with van der Waals surface area (Å²) in [6.45, 7) is 7.02. The van der Waals surface area contributed by atoms with Crippen molar-refractivity contribution in [2.45, 2.75) is 45.4 Å². The lowest BCUT2D eigenvalue weighted by Crippen LogP contribution is -2.30. The summed E-state index contributed by atoms with van der Waals surface area (Å²) in [5.41, 5.74) is 7.88. The van der Waals surface area contributed by atoms with Gasteiger partial charge in [0.05, 0.1) is 12.7 Å². The van der Waals surface area contributed by atoms with Gasteiger partial charge in [0.1, 0.15) is 0 Å². The van der Waals surface area contributed by atoms with Crippen molar-refractivity contribution in [1.29, 1.82) is 0 Å². The first-order valence-corrected chi connectivity index (χ1v) is 6.85. The second-order valence-corrected chi connectivity index (χ2v) is 5.36. The van der Waals surface area contributed by atoms with Crippen LogP contribution in [0.15, 0.2) is 24.3 Å². The van der Waals surface area contributed by atoms with Crippen LogP contribution in [-0.4, -0.2) is 30.2 Å². The molecule has 1 saturated carbocycles. The summed E-state index contributed by atoms with van der Waals surface area (Å²) in [4.78, 5) is 2.52. The second-order valence-electron chi connectivity index (χ2n) is 5.36. The third-order valence-corrected chi connectivity index (χ3v) is 3.26. The van der Waals surface area contributed by atoms with E-state index in [1.165, 1.54) is 18.4 Å². The van der Waals surface area contributed by atoms with Gasteiger partial charge in [0, 0.05) is 24.8 Å². The number of hydrogen-bond donors (Lipinski definition) is 1. The Morgan fingerprint density at radius 3 is 2.50 bits per heavy atom. The third-order valence-electron chi connectivity index (χ3n) is 3.26. The number of rotatable bonds is 7. The Balaban J connectivity index is 1.84. The predicted molar refractivity (Wildman–Crippen MR) is 75.4 cm³/mol. The molecule has 1 aromatic carbocycles. The van der Waals surface area contributed by atoms with E-state index in [0.717, 1.165) is 31.4 Å². The Labute approximate surface area is 110 Å². The zero-order valence-electron chi connectivity index (χ0n) is 11.4. The van der Waals surface area contributed by atoms with Gasteiger partial charge in [-0.2, -0.15) is 0 Å². The molecule has 0 bridgehead atoms. The molecule has 3 heteroatoms. The Morgan fingerprint density at radius 1 is 1.28 bits per heavy atom. The van der Waals surface area contributed by atoms with Crippen LogP contribution in [0.25, 0.3) is 0 Å². The van der Waals surface area contributed by atoms with Gasteiger partial charge in [0.2, 0.25) is 0 Å². The number of ether oxygens (including phenoxy) is 1. The molecule has 0 amide bonds. The van der Waals surface area contributed by atoms with Crippen molar-refractivity contribution in [1.82, 2.24) is 4.90 Å².